The number of phenols is 1. The molecule has 0 radical (unpaired) electrons. The van der Waals surface area contributed by atoms with Crippen LogP contribution in [0.1, 0.15) is 67.7 Å². The van der Waals surface area contributed by atoms with E-state index in [-0.39, 0.29) is 29.3 Å². The van der Waals surface area contributed by atoms with Gasteiger partial charge < -0.3 is 34.9 Å². The van der Waals surface area contributed by atoms with Crippen LogP contribution in [-0.4, -0.2) is 95.4 Å². The molecule has 11 heteroatoms. The Bertz CT molecular complexity index is 1930. The molecule has 54 heavy (non-hydrogen) atoms. The zero-order chi connectivity index (χ0) is 37.5. The quantitative estimate of drug-likeness (QED) is 0.0996. The number of nitrogens with one attached hydrogen (secondary N) is 2. The molecule has 1 amide bonds. The Morgan fingerprint density at radius 1 is 0.926 bits per heavy atom. The summed E-state index contributed by atoms with van der Waals surface area (Å²) in [7, 11) is 0. The van der Waals surface area contributed by atoms with E-state index in [1.807, 2.05) is 59.5 Å². The third-order valence-electron chi connectivity index (χ3n) is 11.7. The van der Waals surface area contributed by atoms with Crippen molar-refractivity contribution in [3.63, 3.8) is 0 Å². The van der Waals surface area contributed by atoms with Crippen LogP contribution in [0.5, 0.6) is 11.5 Å². The van der Waals surface area contributed by atoms with Crippen LogP contribution in [0.3, 0.4) is 0 Å². The van der Waals surface area contributed by atoms with Gasteiger partial charge in [-0.25, -0.2) is 0 Å². The van der Waals surface area contributed by atoms with Crippen LogP contribution in [-0.2, 0) is 26.2 Å². The van der Waals surface area contributed by atoms with Crippen LogP contribution in [0.25, 0.3) is 10.9 Å². The molecule has 0 aliphatic carbocycles. The van der Waals surface area contributed by atoms with E-state index in [4.69, 9.17) is 9.47 Å². The van der Waals surface area contributed by atoms with Crippen LogP contribution in [0.4, 0.5) is 0 Å². The summed E-state index contributed by atoms with van der Waals surface area (Å²) in [5.41, 5.74) is 1.97. The molecular formula is C43H52N4O7. The van der Waals surface area contributed by atoms with Crippen molar-refractivity contribution in [2.24, 2.45) is 5.92 Å². The number of esters is 1. The van der Waals surface area contributed by atoms with E-state index in [1.54, 1.807) is 12.1 Å². The Kier molecular flexibility index (Phi) is 12.0. The lowest BCUT2D eigenvalue weighted by atomic mass is 9.72. The number of aromatic amines is 1. The lowest BCUT2D eigenvalue weighted by Gasteiger charge is -2.46. The maximum absolute atomic E-state index is 13.9. The molecule has 286 valence electrons. The number of aryl methyl sites for hydroxylation is 1. The highest BCUT2D eigenvalue weighted by atomic mass is 16.5. The molecular weight excluding hydrogens is 684 g/mol. The second-order valence-corrected chi connectivity index (χ2v) is 15.1. The van der Waals surface area contributed by atoms with Gasteiger partial charge in [0.05, 0.1) is 23.6 Å². The summed E-state index contributed by atoms with van der Waals surface area (Å²) < 4.78 is 12.2. The summed E-state index contributed by atoms with van der Waals surface area (Å²) >= 11 is 0. The molecule has 3 aromatic carbocycles. The number of unbranched alkanes of at least 4 members (excludes halogenated alkanes) is 1. The highest BCUT2D eigenvalue weighted by molar-refractivity contribution is 5.87. The van der Waals surface area contributed by atoms with Gasteiger partial charge in [0.1, 0.15) is 17.6 Å². The number of rotatable bonds is 15. The van der Waals surface area contributed by atoms with E-state index < -0.39 is 11.5 Å². The summed E-state index contributed by atoms with van der Waals surface area (Å²) in [5, 5.41) is 24.7. The van der Waals surface area contributed by atoms with Crippen molar-refractivity contribution in [2.75, 3.05) is 52.4 Å². The van der Waals surface area contributed by atoms with Gasteiger partial charge in [-0.2, -0.15) is 0 Å². The van der Waals surface area contributed by atoms with Crippen molar-refractivity contribution in [3.8, 4) is 11.5 Å². The Balaban J connectivity index is 0.811. The van der Waals surface area contributed by atoms with E-state index in [0.717, 1.165) is 62.2 Å². The van der Waals surface area contributed by atoms with Crippen LogP contribution < -0.4 is 15.6 Å². The first-order chi connectivity index (χ1) is 26.3. The molecule has 0 spiro atoms. The molecule has 0 saturated carbocycles. The van der Waals surface area contributed by atoms with Gasteiger partial charge in [0, 0.05) is 44.1 Å². The molecule has 2 bridgehead atoms. The molecule has 4 N–H and O–H groups in total. The number of amides is 1. The lowest BCUT2D eigenvalue weighted by molar-refractivity contribution is -0.168. The molecule has 11 nitrogen and oxygen atoms in total. The number of aromatic nitrogens is 1. The smallest absolute Gasteiger partial charge is 0.317 e. The molecule has 0 unspecified atom stereocenters. The number of phenolic OH excluding ortho intramolecular Hbond substituents is 1. The van der Waals surface area contributed by atoms with E-state index >= 15 is 0 Å². The number of pyridine rings is 1. The summed E-state index contributed by atoms with van der Waals surface area (Å²) in [5.74, 6) is 1.18. The summed E-state index contributed by atoms with van der Waals surface area (Å²) in [6.07, 6.45) is 5.22. The van der Waals surface area contributed by atoms with Crippen molar-refractivity contribution in [3.05, 3.63) is 106 Å². The van der Waals surface area contributed by atoms with E-state index in [0.29, 0.717) is 80.9 Å². The summed E-state index contributed by atoms with van der Waals surface area (Å²) in [4.78, 5) is 45.9. The Labute approximate surface area is 316 Å². The molecule has 1 aromatic heterocycles. The Hall–Kier alpha value is -4.71. The number of nitrogens with zero attached hydrogens (tertiary/aromatic N) is 2. The van der Waals surface area contributed by atoms with Crippen LogP contribution in [0.15, 0.2) is 83.7 Å². The van der Waals surface area contributed by atoms with Crippen molar-refractivity contribution in [2.45, 2.75) is 69.0 Å². The number of benzene rings is 3. The number of carbonyl (C=O) groups is 2. The van der Waals surface area contributed by atoms with Gasteiger partial charge in [0.15, 0.2) is 0 Å². The second kappa shape index (κ2) is 17.2. The number of piperidine rings is 4. The largest absolute Gasteiger partial charge is 0.506 e. The van der Waals surface area contributed by atoms with Crippen molar-refractivity contribution in [1.29, 1.82) is 0 Å². The number of ether oxygens (including phenoxy) is 2. The van der Waals surface area contributed by atoms with Gasteiger partial charge in [0.2, 0.25) is 11.5 Å². The summed E-state index contributed by atoms with van der Waals surface area (Å²) in [6.45, 7) is 5.70. The second-order valence-electron chi connectivity index (χ2n) is 15.1. The van der Waals surface area contributed by atoms with Crippen molar-refractivity contribution in [1.82, 2.24) is 20.1 Å². The number of carbonyl (C=O) groups excluding carboxylic acids is 2. The number of aliphatic hydroxyl groups excluding tert-OH is 1. The fourth-order valence-corrected chi connectivity index (χ4v) is 8.40. The fraction of sp³-hybridized carbons (Fsp3) is 0.465. The van der Waals surface area contributed by atoms with Gasteiger partial charge in [-0.3, -0.25) is 19.3 Å². The average Bonchev–Trinajstić information content (AvgIpc) is 3.21. The maximum atomic E-state index is 13.9. The van der Waals surface area contributed by atoms with Crippen molar-refractivity contribution >= 4 is 22.8 Å². The van der Waals surface area contributed by atoms with Crippen molar-refractivity contribution < 1.29 is 29.3 Å². The van der Waals surface area contributed by atoms with E-state index in [9.17, 15) is 24.6 Å². The molecule has 4 fully saturated rings. The number of hydrogen-bond acceptors (Lipinski definition) is 9. The molecule has 4 aliphatic rings. The normalized spacial score (nSPS) is 21.1. The number of fused-ring (bicyclic) bond motifs is 4. The third kappa shape index (κ3) is 8.64. The topological polar surface area (TPSA) is 144 Å². The highest BCUT2D eigenvalue weighted by Gasteiger charge is 2.47. The SMILES string of the molecule is O=C(CCc1ccc(OCCCCNC[C@H](O)c2ccc(O)c3[nH]c(=O)ccc23)cc1)N1CCC(C(=O)O[C@H]2CN3CCC2CC3)(c2ccccc2)CC1. The van der Waals surface area contributed by atoms with Gasteiger partial charge in [-0.15, -0.1) is 0 Å². The summed E-state index contributed by atoms with van der Waals surface area (Å²) in [6, 6.07) is 24.0. The molecule has 2 atom stereocenters. The molecule has 8 rings (SSSR count). The van der Waals surface area contributed by atoms with Gasteiger partial charge in [-0.1, -0.05) is 48.5 Å². The first kappa shape index (κ1) is 37.6. The van der Waals surface area contributed by atoms with Gasteiger partial charge in [-0.05, 0) is 111 Å². The predicted molar refractivity (Wildman–Crippen MR) is 207 cm³/mol. The Morgan fingerprint density at radius 2 is 1.69 bits per heavy atom. The number of hydrogen-bond donors (Lipinski definition) is 4. The lowest BCUT2D eigenvalue weighted by Crippen LogP contribution is -2.55. The number of H-pyrrole nitrogens is 1. The molecule has 4 aromatic rings. The van der Waals surface area contributed by atoms with Gasteiger partial charge in [0.25, 0.3) is 0 Å². The first-order valence-corrected chi connectivity index (χ1v) is 19.5. The zero-order valence-electron chi connectivity index (χ0n) is 30.9. The monoisotopic (exact) mass is 736 g/mol. The zero-order valence-corrected chi connectivity index (χ0v) is 30.9. The highest BCUT2D eigenvalue weighted by Crippen LogP contribution is 2.39. The number of likely N-dealkylation sites (tertiary alicyclic amines) is 1. The predicted octanol–water partition coefficient (Wildman–Crippen LogP) is 4.85. The first-order valence-electron chi connectivity index (χ1n) is 19.5. The Morgan fingerprint density at radius 3 is 2.41 bits per heavy atom. The third-order valence-corrected chi connectivity index (χ3v) is 11.7. The minimum absolute atomic E-state index is 0.0312. The van der Waals surface area contributed by atoms with Crippen LogP contribution in [0.2, 0.25) is 0 Å². The minimum Gasteiger partial charge on any atom is -0.506 e. The van der Waals surface area contributed by atoms with E-state index in [1.165, 1.54) is 12.1 Å². The van der Waals surface area contributed by atoms with Gasteiger partial charge >= 0.3 is 5.97 Å². The minimum atomic E-state index is -0.793. The molecule has 4 aliphatic heterocycles. The molecule has 5 heterocycles. The number of aromatic hydroxyl groups is 1. The average molecular weight is 737 g/mol. The van der Waals surface area contributed by atoms with Crippen LogP contribution >= 0.6 is 0 Å². The van der Waals surface area contributed by atoms with Crippen LogP contribution in [0, 0.1) is 5.92 Å². The maximum Gasteiger partial charge on any atom is 0.317 e. The van der Waals surface area contributed by atoms with E-state index in [2.05, 4.69) is 15.2 Å². The molecule has 4 saturated heterocycles. The number of aliphatic hydroxyl groups is 1. The fourth-order valence-electron chi connectivity index (χ4n) is 8.40. The standard InChI is InChI=1S/C43H52N4O7/c48-36-15-13-34(35-14-16-39(50)45-41(35)36)37(49)28-44-22-4-5-27-53-33-11-8-30(9-12-33)10-17-40(51)47-25-20-43(21-26-47,32-6-2-1-3-7-32)42(52)54-38-29-46-23-18-31(38)19-24-46/h1-3,6-9,11-16,31,37-38,44,48-49H,4-5,10,17-29H2,(H,45,50)/t37-,38-/m0/s1.